The number of piperazine rings is 1. The second-order valence-electron chi connectivity index (χ2n) is 6.78. The lowest BCUT2D eigenvalue weighted by Crippen LogP contribution is -2.46. The number of hydrogen-bond donors (Lipinski definition) is 0. The summed E-state index contributed by atoms with van der Waals surface area (Å²) in [5.41, 5.74) is 6.43. The van der Waals surface area contributed by atoms with E-state index in [1.807, 2.05) is 6.20 Å². The Morgan fingerprint density at radius 2 is 1.88 bits per heavy atom. The van der Waals surface area contributed by atoms with Gasteiger partial charge in [0.25, 0.3) is 0 Å². The number of fused-ring (bicyclic) bond motifs is 2. The number of halogens is 1. The molecule has 1 aromatic carbocycles. The molecule has 2 aromatic rings. The fourth-order valence-electron chi connectivity index (χ4n) is 3.81. The third-order valence-corrected chi connectivity index (χ3v) is 5.56. The van der Waals surface area contributed by atoms with Gasteiger partial charge < -0.3 is 4.90 Å². The molecular formula is C20H22BrN3. The van der Waals surface area contributed by atoms with E-state index in [1.54, 1.807) is 0 Å². The molecule has 1 aliphatic carbocycles. The minimum Gasteiger partial charge on any atom is -0.304 e. The molecule has 1 saturated heterocycles. The van der Waals surface area contributed by atoms with E-state index >= 15 is 0 Å². The number of rotatable bonds is 1. The Morgan fingerprint density at radius 1 is 1.12 bits per heavy atom. The van der Waals surface area contributed by atoms with Crippen LogP contribution in [-0.4, -0.2) is 48.0 Å². The molecule has 2 heterocycles. The van der Waals surface area contributed by atoms with Gasteiger partial charge in [0.2, 0.25) is 0 Å². The number of benzene rings is 1. The van der Waals surface area contributed by atoms with Gasteiger partial charge in [-0.1, -0.05) is 24.3 Å². The first-order chi connectivity index (χ1) is 11.6. The zero-order valence-electron chi connectivity index (χ0n) is 14.2. The van der Waals surface area contributed by atoms with Crippen molar-refractivity contribution in [3.63, 3.8) is 0 Å². The number of likely N-dealkylation sites (N-methyl/N-ethyl adjacent to an activating group) is 1. The van der Waals surface area contributed by atoms with E-state index < -0.39 is 0 Å². The predicted octanol–water partition coefficient (Wildman–Crippen LogP) is 4.05. The highest BCUT2D eigenvalue weighted by Crippen LogP contribution is 2.39. The molecule has 0 saturated carbocycles. The van der Waals surface area contributed by atoms with E-state index in [4.69, 9.17) is 4.98 Å². The number of nitrogens with zero attached hydrogens (tertiary/aromatic N) is 3. The molecule has 1 aromatic heterocycles. The maximum atomic E-state index is 4.84. The molecular weight excluding hydrogens is 362 g/mol. The van der Waals surface area contributed by atoms with Gasteiger partial charge in [0.15, 0.2) is 0 Å². The van der Waals surface area contributed by atoms with Gasteiger partial charge in [0.1, 0.15) is 0 Å². The quantitative estimate of drug-likeness (QED) is 0.740. The van der Waals surface area contributed by atoms with Crippen molar-refractivity contribution in [2.45, 2.75) is 13.0 Å². The number of aromatic nitrogens is 1. The summed E-state index contributed by atoms with van der Waals surface area (Å²) in [6, 6.07) is 11.2. The van der Waals surface area contributed by atoms with Crippen LogP contribution in [0.1, 0.15) is 35.3 Å². The van der Waals surface area contributed by atoms with Gasteiger partial charge >= 0.3 is 0 Å². The van der Waals surface area contributed by atoms with Crippen molar-refractivity contribution in [1.82, 2.24) is 14.8 Å². The number of allylic oxidation sites excluding steroid dienone is 1. The van der Waals surface area contributed by atoms with Crippen LogP contribution in [0.15, 0.2) is 41.0 Å². The van der Waals surface area contributed by atoms with Crippen molar-refractivity contribution in [2.24, 2.45) is 0 Å². The second kappa shape index (κ2) is 6.43. The van der Waals surface area contributed by atoms with Gasteiger partial charge in [0.05, 0.1) is 11.7 Å². The molecule has 124 valence electrons. The van der Waals surface area contributed by atoms with Crippen LogP contribution < -0.4 is 0 Å². The summed E-state index contributed by atoms with van der Waals surface area (Å²) >= 11 is 3.58. The van der Waals surface area contributed by atoms with Crippen molar-refractivity contribution in [3.8, 4) is 0 Å². The van der Waals surface area contributed by atoms with Crippen molar-refractivity contribution in [2.75, 3.05) is 33.2 Å². The SMILES string of the molecule is CC1=Cc2cc(Br)cnc2C(N2CCN(C)CC2)c2ccccc21. The Hall–Kier alpha value is -1.49. The van der Waals surface area contributed by atoms with Crippen LogP contribution in [0.3, 0.4) is 0 Å². The largest absolute Gasteiger partial charge is 0.304 e. The summed E-state index contributed by atoms with van der Waals surface area (Å²) in [5, 5.41) is 0. The average molecular weight is 384 g/mol. The van der Waals surface area contributed by atoms with Crippen molar-refractivity contribution in [1.29, 1.82) is 0 Å². The third-order valence-electron chi connectivity index (χ3n) is 5.13. The first-order valence-corrected chi connectivity index (χ1v) is 9.28. The smallest absolute Gasteiger partial charge is 0.0789 e. The summed E-state index contributed by atoms with van der Waals surface area (Å²) in [7, 11) is 2.20. The Kier molecular flexibility index (Phi) is 4.29. The highest BCUT2D eigenvalue weighted by atomic mass is 79.9. The molecule has 0 N–H and O–H groups in total. The summed E-state index contributed by atoms with van der Waals surface area (Å²) in [6.45, 7) is 6.57. The summed E-state index contributed by atoms with van der Waals surface area (Å²) in [5.74, 6) is 0. The standard InChI is InChI=1S/C20H22BrN3/c1-14-11-15-12-16(21)13-22-19(15)20(18-6-4-3-5-17(14)18)24-9-7-23(2)8-10-24/h3-6,11-13,20H,7-10H2,1-2H3. The Morgan fingerprint density at radius 3 is 2.67 bits per heavy atom. The van der Waals surface area contributed by atoms with Gasteiger partial charge in [0, 0.05) is 36.8 Å². The van der Waals surface area contributed by atoms with E-state index in [-0.39, 0.29) is 6.04 Å². The Bertz CT molecular complexity index is 791. The second-order valence-corrected chi connectivity index (χ2v) is 7.70. The van der Waals surface area contributed by atoms with Crippen molar-refractivity contribution in [3.05, 3.63) is 63.4 Å². The molecule has 1 fully saturated rings. The lowest BCUT2D eigenvalue weighted by molar-refractivity contribution is 0.125. The Labute approximate surface area is 152 Å². The van der Waals surface area contributed by atoms with Crippen LogP contribution in [0.4, 0.5) is 0 Å². The topological polar surface area (TPSA) is 19.4 Å². The van der Waals surface area contributed by atoms with Gasteiger partial charge in [-0.25, -0.2) is 0 Å². The molecule has 0 spiro atoms. The fourth-order valence-corrected chi connectivity index (χ4v) is 4.16. The first kappa shape index (κ1) is 16.0. The zero-order valence-corrected chi connectivity index (χ0v) is 15.8. The van der Waals surface area contributed by atoms with Gasteiger partial charge in [-0.2, -0.15) is 0 Å². The Balaban J connectivity index is 1.88. The number of hydrogen-bond acceptors (Lipinski definition) is 3. The van der Waals surface area contributed by atoms with Crippen molar-refractivity contribution >= 4 is 27.6 Å². The van der Waals surface area contributed by atoms with Crippen LogP contribution in [0.25, 0.3) is 11.6 Å². The lowest BCUT2D eigenvalue weighted by Gasteiger charge is -2.38. The first-order valence-electron chi connectivity index (χ1n) is 8.49. The van der Waals surface area contributed by atoms with Crippen LogP contribution in [-0.2, 0) is 0 Å². The molecule has 1 unspecified atom stereocenters. The molecule has 24 heavy (non-hydrogen) atoms. The normalized spacial score (nSPS) is 21.6. The zero-order chi connectivity index (χ0) is 16.7. The summed E-state index contributed by atoms with van der Waals surface area (Å²) in [6.07, 6.45) is 4.21. The molecule has 3 nitrogen and oxygen atoms in total. The van der Waals surface area contributed by atoms with Gasteiger partial charge in [-0.3, -0.25) is 9.88 Å². The molecule has 1 aliphatic heterocycles. The van der Waals surface area contributed by atoms with E-state index in [9.17, 15) is 0 Å². The maximum absolute atomic E-state index is 4.84. The fraction of sp³-hybridized carbons (Fsp3) is 0.350. The van der Waals surface area contributed by atoms with E-state index in [0.29, 0.717) is 0 Å². The molecule has 4 rings (SSSR count). The predicted molar refractivity (Wildman–Crippen MR) is 103 cm³/mol. The van der Waals surface area contributed by atoms with Gasteiger partial charge in [-0.05, 0) is 64.3 Å². The molecule has 2 aliphatic rings. The highest BCUT2D eigenvalue weighted by molar-refractivity contribution is 9.10. The average Bonchev–Trinajstić information content (AvgIpc) is 2.70. The monoisotopic (exact) mass is 383 g/mol. The van der Waals surface area contributed by atoms with Crippen LogP contribution in [0.2, 0.25) is 0 Å². The van der Waals surface area contributed by atoms with Crippen molar-refractivity contribution < 1.29 is 0 Å². The lowest BCUT2D eigenvalue weighted by atomic mass is 9.94. The summed E-state index contributed by atoms with van der Waals surface area (Å²) in [4.78, 5) is 9.83. The summed E-state index contributed by atoms with van der Waals surface area (Å²) < 4.78 is 1.04. The highest BCUT2D eigenvalue weighted by Gasteiger charge is 2.31. The van der Waals surface area contributed by atoms with E-state index in [2.05, 4.69) is 76.1 Å². The van der Waals surface area contributed by atoms with Crippen LogP contribution in [0.5, 0.6) is 0 Å². The minimum atomic E-state index is 0.228. The maximum Gasteiger partial charge on any atom is 0.0789 e. The molecule has 0 amide bonds. The van der Waals surface area contributed by atoms with Crippen LogP contribution in [0, 0.1) is 0 Å². The van der Waals surface area contributed by atoms with Crippen LogP contribution >= 0.6 is 15.9 Å². The molecule has 1 atom stereocenters. The van der Waals surface area contributed by atoms with E-state index in [1.165, 1.54) is 28.0 Å². The van der Waals surface area contributed by atoms with E-state index in [0.717, 1.165) is 30.7 Å². The minimum absolute atomic E-state index is 0.228. The molecule has 0 radical (unpaired) electrons. The molecule has 4 heteroatoms. The number of pyridine rings is 1. The van der Waals surface area contributed by atoms with Gasteiger partial charge in [-0.15, -0.1) is 0 Å². The molecule has 0 bridgehead atoms. The third kappa shape index (κ3) is 2.83.